The van der Waals surface area contributed by atoms with Gasteiger partial charge in [0.05, 0.1) is 12.7 Å². The Morgan fingerprint density at radius 3 is 3.05 bits per heavy atom. The molecule has 0 aliphatic carbocycles. The summed E-state index contributed by atoms with van der Waals surface area (Å²) >= 11 is 0. The van der Waals surface area contributed by atoms with Crippen molar-refractivity contribution in [2.45, 2.75) is 57.1 Å². The second-order valence-electron chi connectivity index (χ2n) is 6.17. The lowest BCUT2D eigenvalue weighted by atomic mass is 9.96. The van der Waals surface area contributed by atoms with E-state index in [1.807, 2.05) is 0 Å². The SMILES string of the molecule is NNC(CCc1ccc2c(c1)CCO2)CC1CCCCO1. The van der Waals surface area contributed by atoms with Gasteiger partial charge in [-0.1, -0.05) is 12.1 Å². The Hall–Kier alpha value is -1.10. The molecule has 2 aliphatic rings. The molecule has 2 heterocycles. The normalized spacial score (nSPS) is 22.6. The van der Waals surface area contributed by atoms with Gasteiger partial charge in [-0.15, -0.1) is 0 Å². The van der Waals surface area contributed by atoms with E-state index in [9.17, 15) is 0 Å². The molecule has 1 saturated heterocycles. The third-order valence-corrected chi connectivity index (χ3v) is 4.59. The van der Waals surface area contributed by atoms with E-state index in [1.54, 1.807) is 0 Å². The summed E-state index contributed by atoms with van der Waals surface area (Å²) in [7, 11) is 0. The molecule has 3 rings (SSSR count). The monoisotopic (exact) mass is 290 g/mol. The first-order valence-corrected chi connectivity index (χ1v) is 8.17. The number of hydrogen-bond acceptors (Lipinski definition) is 4. The minimum Gasteiger partial charge on any atom is -0.493 e. The van der Waals surface area contributed by atoms with Crippen LogP contribution in [-0.4, -0.2) is 25.4 Å². The van der Waals surface area contributed by atoms with Gasteiger partial charge in [0.2, 0.25) is 0 Å². The number of rotatable bonds is 6. The van der Waals surface area contributed by atoms with Crippen LogP contribution >= 0.6 is 0 Å². The third-order valence-electron chi connectivity index (χ3n) is 4.59. The first-order valence-electron chi connectivity index (χ1n) is 8.17. The van der Waals surface area contributed by atoms with Gasteiger partial charge in [-0.05, 0) is 55.7 Å². The molecule has 0 bridgehead atoms. The van der Waals surface area contributed by atoms with E-state index in [0.29, 0.717) is 12.1 Å². The van der Waals surface area contributed by atoms with Crippen molar-refractivity contribution in [3.8, 4) is 5.75 Å². The lowest BCUT2D eigenvalue weighted by Gasteiger charge is -2.26. The molecule has 2 aliphatic heterocycles. The molecule has 4 nitrogen and oxygen atoms in total. The zero-order chi connectivity index (χ0) is 14.5. The quantitative estimate of drug-likeness (QED) is 0.624. The number of benzene rings is 1. The molecule has 0 aromatic heterocycles. The van der Waals surface area contributed by atoms with E-state index in [4.69, 9.17) is 15.3 Å². The van der Waals surface area contributed by atoms with Crippen molar-refractivity contribution in [1.29, 1.82) is 0 Å². The van der Waals surface area contributed by atoms with Crippen molar-refractivity contribution in [3.05, 3.63) is 29.3 Å². The van der Waals surface area contributed by atoms with Crippen LogP contribution < -0.4 is 16.0 Å². The maximum Gasteiger partial charge on any atom is 0.122 e. The minimum absolute atomic E-state index is 0.331. The first-order chi connectivity index (χ1) is 10.3. The first kappa shape index (κ1) is 14.8. The summed E-state index contributed by atoms with van der Waals surface area (Å²) in [5.41, 5.74) is 5.69. The number of aryl methyl sites for hydroxylation is 1. The van der Waals surface area contributed by atoms with Gasteiger partial charge in [0.25, 0.3) is 0 Å². The molecule has 4 heteroatoms. The fourth-order valence-electron chi connectivity index (χ4n) is 3.32. The maximum atomic E-state index is 5.81. The van der Waals surface area contributed by atoms with Crippen LogP contribution in [0.25, 0.3) is 0 Å². The molecule has 1 aromatic rings. The van der Waals surface area contributed by atoms with Gasteiger partial charge in [-0.25, -0.2) is 0 Å². The predicted molar refractivity (Wildman–Crippen MR) is 83.3 cm³/mol. The molecule has 116 valence electrons. The lowest BCUT2D eigenvalue weighted by molar-refractivity contribution is 0.00472. The highest BCUT2D eigenvalue weighted by molar-refractivity contribution is 5.39. The minimum atomic E-state index is 0.331. The largest absolute Gasteiger partial charge is 0.493 e. The number of hydrazine groups is 1. The van der Waals surface area contributed by atoms with E-state index >= 15 is 0 Å². The maximum absolute atomic E-state index is 5.81. The van der Waals surface area contributed by atoms with Gasteiger partial charge in [0, 0.05) is 19.1 Å². The number of nitrogens with two attached hydrogens (primary N) is 1. The molecule has 2 unspecified atom stereocenters. The summed E-state index contributed by atoms with van der Waals surface area (Å²) < 4.78 is 11.4. The van der Waals surface area contributed by atoms with Gasteiger partial charge in [-0.3, -0.25) is 11.3 Å². The van der Waals surface area contributed by atoms with Crippen LogP contribution in [0.1, 0.15) is 43.2 Å². The molecule has 1 fully saturated rings. The highest BCUT2D eigenvalue weighted by Gasteiger charge is 2.19. The smallest absolute Gasteiger partial charge is 0.122 e. The van der Waals surface area contributed by atoms with Gasteiger partial charge in [0.15, 0.2) is 0 Å². The zero-order valence-corrected chi connectivity index (χ0v) is 12.6. The highest BCUT2D eigenvalue weighted by atomic mass is 16.5. The summed E-state index contributed by atoms with van der Waals surface area (Å²) in [5.74, 6) is 6.78. The summed E-state index contributed by atoms with van der Waals surface area (Å²) in [5, 5.41) is 0. The summed E-state index contributed by atoms with van der Waals surface area (Å²) in [6.07, 6.45) is 8.20. The average Bonchev–Trinajstić information content (AvgIpc) is 3.00. The fraction of sp³-hybridized carbons (Fsp3) is 0.647. The third kappa shape index (κ3) is 3.96. The van der Waals surface area contributed by atoms with E-state index in [0.717, 1.165) is 44.6 Å². The molecule has 0 amide bonds. The van der Waals surface area contributed by atoms with Crippen LogP contribution in [0, 0.1) is 0 Å². The predicted octanol–water partition coefficient (Wildman–Crippen LogP) is 2.35. The standard InChI is InChI=1S/C17H26N2O2/c18-19-15(12-16-3-1-2-9-20-16)6-4-13-5-7-17-14(11-13)8-10-21-17/h5,7,11,15-16,19H,1-4,6,8-10,12,18H2. The molecule has 2 atom stereocenters. The van der Waals surface area contributed by atoms with Crippen molar-refractivity contribution in [1.82, 2.24) is 5.43 Å². The Kier molecular flexibility index (Phi) is 5.12. The number of hydrogen-bond donors (Lipinski definition) is 2. The molecule has 0 radical (unpaired) electrons. The average molecular weight is 290 g/mol. The van der Waals surface area contributed by atoms with Crippen molar-refractivity contribution >= 4 is 0 Å². The van der Waals surface area contributed by atoms with Crippen molar-refractivity contribution in [2.24, 2.45) is 5.84 Å². The van der Waals surface area contributed by atoms with Crippen LogP contribution in [0.4, 0.5) is 0 Å². The molecular formula is C17H26N2O2. The summed E-state index contributed by atoms with van der Waals surface area (Å²) in [6.45, 7) is 1.73. The van der Waals surface area contributed by atoms with Crippen molar-refractivity contribution < 1.29 is 9.47 Å². The van der Waals surface area contributed by atoms with E-state index in [1.165, 1.54) is 30.4 Å². The van der Waals surface area contributed by atoms with E-state index < -0.39 is 0 Å². The molecule has 21 heavy (non-hydrogen) atoms. The molecular weight excluding hydrogens is 264 g/mol. The Balaban J connectivity index is 1.50. The Labute approximate surface area is 127 Å². The molecule has 0 spiro atoms. The van der Waals surface area contributed by atoms with E-state index in [-0.39, 0.29) is 0 Å². The number of ether oxygens (including phenoxy) is 2. The van der Waals surface area contributed by atoms with Crippen molar-refractivity contribution in [3.63, 3.8) is 0 Å². The van der Waals surface area contributed by atoms with Gasteiger partial charge in [0.1, 0.15) is 5.75 Å². The second-order valence-corrected chi connectivity index (χ2v) is 6.17. The lowest BCUT2D eigenvalue weighted by Crippen LogP contribution is -2.39. The Bertz CT molecular complexity index is 458. The fourth-order valence-corrected chi connectivity index (χ4v) is 3.32. The summed E-state index contributed by atoms with van der Waals surface area (Å²) in [4.78, 5) is 0. The van der Waals surface area contributed by atoms with Gasteiger partial charge in [-0.2, -0.15) is 0 Å². The number of nitrogens with one attached hydrogen (secondary N) is 1. The van der Waals surface area contributed by atoms with Gasteiger partial charge < -0.3 is 9.47 Å². The zero-order valence-electron chi connectivity index (χ0n) is 12.6. The summed E-state index contributed by atoms with van der Waals surface area (Å²) in [6, 6.07) is 6.90. The van der Waals surface area contributed by atoms with Crippen LogP contribution in [0.3, 0.4) is 0 Å². The van der Waals surface area contributed by atoms with E-state index in [2.05, 4.69) is 23.6 Å². The van der Waals surface area contributed by atoms with Crippen LogP contribution in [0.2, 0.25) is 0 Å². The Morgan fingerprint density at radius 1 is 1.29 bits per heavy atom. The van der Waals surface area contributed by atoms with Gasteiger partial charge >= 0.3 is 0 Å². The molecule has 3 N–H and O–H groups in total. The topological polar surface area (TPSA) is 56.5 Å². The Morgan fingerprint density at radius 2 is 2.24 bits per heavy atom. The van der Waals surface area contributed by atoms with Crippen LogP contribution in [0.5, 0.6) is 5.75 Å². The molecule has 0 saturated carbocycles. The highest BCUT2D eigenvalue weighted by Crippen LogP contribution is 2.26. The number of fused-ring (bicyclic) bond motifs is 1. The van der Waals surface area contributed by atoms with Crippen LogP contribution in [0.15, 0.2) is 18.2 Å². The van der Waals surface area contributed by atoms with Crippen LogP contribution in [-0.2, 0) is 17.6 Å². The van der Waals surface area contributed by atoms with Crippen molar-refractivity contribution in [2.75, 3.05) is 13.2 Å². The molecule has 1 aromatic carbocycles. The second kappa shape index (κ2) is 7.25.